The van der Waals surface area contributed by atoms with E-state index in [0.717, 1.165) is 66.7 Å². The summed E-state index contributed by atoms with van der Waals surface area (Å²) in [6.45, 7) is 6.51. The van der Waals surface area contributed by atoms with E-state index in [1.165, 1.54) is 0 Å². The summed E-state index contributed by atoms with van der Waals surface area (Å²) in [5.41, 5.74) is 1.89. The SMILES string of the molecule is O=C1C(Cl)=C(c2ccccc2)Sc2ccccc2N1CCCN1CCN(CCO)CC1. The van der Waals surface area contributed by atoms with Crippen LogP contribution in [0.3, 0.4) is 0 Å². The number of carbonyl (C=O) groups is 1. The highest BCUT2D eigenvalue weighted by atomic mass is 35.5. The second-order valence-corrected chi connectivity index (χ2v) is 9.23. The number of aliphatic hydroxyl groups is 1. The van der Waals surface area contributed by atoms with Gasteiger partial charge < -0.3 is 14.9 Å². The number of β-amino-alcohol motifs (C(OH)–C–C–N with tert-alkyl or cyclic N) is 1. The number of piperazine rings is 1. The van der Waals surface area contributed by atoms with Crippen LogP contribution < -0.4 is 4.90 Å². The van der Waals surface area contributed by atoms with Gasteiger partial charge in [-0.15, -0.1) is 0 Å². The second kappa shape index (κ2) is 10.7. The van der Waals surface area contributed by atoms with Crippen LogP contribution in [0, 0.1) is 0 Å². The van der Waals surface area contributed by atoms with E-state index in [2.05, 4.69) is 15.9 Å². The molecule has 0 radical (unpaired) electrons. The molecule has 2 aromatic rings. The minimum Gasteiger partial charge on any atom is -0.395 e. The molecular weight excluding hydrogens is 430 g/mol. The van der Waals surface area contributed by atoms with Crippen LogP contribution in [0.2, 0.25) is 0 Å². The maximum atomic E-state index is 13.4. The number of para-hydroxylation sites is 1. The molecular formula is C24H28ClN3O2S. The number of amides is 1. The summed E-state index contributed by atoms with van der Waals surface area (Å²) < 4.78 is 0. The van der Waals surface area contributed by atoms with Gasteiger partial charge in [0.15, 0.2) is 0 Å². The summed E-state index contributed by atoms with van der Waals surface area (Å²) in [4.78, 5) is 21.8. The van der Waals surface area contributed by atoms with Gasteiger partial charge in [-0.2, -0.15) is 0 Å². The molecule has 2 aromatic carbocycles. The lowest BCUT2D eigenvalue weighted by atomic mass is 10.2. The Kier molecular flexibility index (Phi) is 7.69. The molecule has 7 heteroatoms. The van der Waals surface area contributed by atoms with Crippen LogP contribution in [0.15, 0.2) is 64.5 Å². The Bertz CT molecular complexity index is 929. The van der Waals surface area contributed by atoms with Crippen molar-refractivity contribution in [2.45, 2.75) is 11.3 Å². The molecule has 31 heavy (non-hydrogen) atoms. The van der Waals surface area contributed by atoms with Crippen molar-refractivity contribution in [3.63, 3.8) is 0 Å². The zero-order valence-corrected chi connectivity index (χ0v) is 19.1. The first-order valence-corrected chi connectivity index (χ1v) is 12.0. The Morgan fingerprint density at radius 1 is 0.871 bits per heavy atom. The lowest BCUT2D eigenvalue weighted by Crippen LogP contribution is -2.47. The number of hydrogen-bond donors (Lipinski definition) is 1. The fraction of sp³-hybridized carbons (Fsp3) is 0.375. The minimum absolute atomic E-state index is 0.134. The quantitative estimate of drug-likeness (QED) is 0.686. The molecule has 0 bridgehead atoms. The van der Waals surface area contributed by atoms with Crippen LogP contribution in [-0.4, -0.2) is 73.2 Å². The molecule has 5 nitrogen and oxygen atoms in total. The molecule has 0 atom stereocenters. The molecule has 2 heterocycles. The Morgan fingerprint density at radius 3 is 2.23 bits per heavy atom. The van der Waals surface area contributed by atoms with Crippen molar-refractivity contribution in [2.75, 3.05) is 57.3 Å². The number of benzene rings is 2. The van der Waals surface area contributed by atoms with E-state index in [4.69, 9.17) is 16.7 Å². The molecule has 2 aliphatic heterocycles. The summed E-state index contributed by atoms with van der Waals surface area (Å²) in [5.74, 6) is -0.134. The number of nitrogens with zero attached hydrogens (tertiary/aromatic N) is 3. The van der Waals surface area contributed by atoms with E-state index >= 15 is 0 Å². The van der Waals surface area contributed by atoms with Crippen molar-refractivity contribution >= 4 is 39.9 Å². The monoisotopic (exact) mass is 457 g/mol. The molecule has 1 fully saturated rings. The normalized spacial score (nSPS) is 18.3. The number of aliphatic hydroxyl groups excluding tert-OH is 1. The van der Waals surface area contributed by atoms with Gasteiger partial charge in [-0.1, -0.05) is 65.8 Å². The predicted octanol–water partition coefficient (Wildman–Crippen LogP) is 3.73. The van der Waals surface area contributed by atoms with E-state index in [1.807, 2.05) is 53.4 Å². The number of anilines is 1. The Balaban J connectivity index is 1.47. The summed E-state index contributed by atoms with van der Waals surface area (Å²) >= 11 is 8.22. The van der Waals surface area contributed by atoms with Crippen LogP contribution in [0.4, 0.5) is 5.69 Å². The standard InChI is InChI=1S/C24H28ClN3O2S/c25-22-23(19-7-2-1-3-8-19)31-21-10-5-4-9-20(21)28(24(22)30)12-6-11-26-13-15-27(16-14-26)17-18-29/h1-5,7-10,29H,6,11-18H2. The van der Waals surface area contributed by atoms with E-state index in [-0.39, 0.29) is 17.5 Å². The van der Waals surface area contributed by atoms with Crippen molar-refractivity contribution in [1.29, 1.82) is 0 Å². The van der Waals surface area contributed by atoms with E-state index in [0.29, 0.717) is 6.54 Å². The average Bonchev–Trinajstić information content (AvgIpc) is 2.91. The zero-order chi connectivity index (χ0) is 21.6. The average molecular weight is 458 g/mol. The molecule has 0 saturated carbocycles. The lowest BCUT2D eigenvalue weighted by molar-refractivity contribution is -0.114. The minimum atomic E-state index is -0.134. The zero-order valence-electron chi connectivity index (χ0n) is 17.5. The fourth-order valence-corrected chi connectivity index (χ4v) is 5.48. The molecule has 0 aliphatic carbocycles. The highest BCUT2D eigenvalue weighted by molar-refractivity contribution is 8.08. The highest BCUT2D eigenvalue weighted by Gasteiger charge is 2.29. The molecule has 0 spiro atoms. The summed E-state index contributed by atoms with van der Waals surface area (Å²) in [5, 5.41) is 9.38. The van der Waals surface area contributed by atoms with Crippen LogP contribution in [0.1, 0.15) is 12.0 Å². The molecule has 1 amide bonds. The van der Waals surface area contributed by atoms with Crippen LogP contribution in [0.25, 0.3) is 4.91 Å². The van der Waals surface area contributed by atoms with E-state index in [1.54, 1.807) is 11.8 Å². The smallest absolute Gasteiger partial charge is 0.270 e. The molecule has 164 valence electrons. The third kappa shape index (κ3) is 5.33. The van der Waals surface area contributed by atoms with Gasteiger partial charge in [-0.3, -0.25) is 9.69 Å². The van der Waals surface area contributed by atoms with Crippen LogP contribution in [-0.2, 0) is 4.79 Å². The van der Waals surface area contributed by atoms with Gasteiger partial charge in [0, 0.05) is 49.1 Å². The summed E-state index contributed by atoms with van der Waals surface area (Å²) in [6, 6.07) is 17.9. The molecule has 1 N–H and O–H groups in total. The third-order valence-electron chi connectivity index (χ3n) is 5.77. The van der Waals surface area contributed by atoms with Gasteiger partial charge in [0.25, 0.3) is 5.91 Å². The number of hydrogen-bond acceptors (Lipinski definition) is 5. The summed E-state index contributed by atoms with van der Waals surface area (Å²) in [7, 11) is 0. The number of fused-ring (bicyclic) bond motifs is 1. The first-order chi connectivity index (χ1) is 15.2. The molecule has 1 saturated heterocycles. The number of rotatable bonds is 7. The van der Waals surface area contributed by atoms with Gasteiger partial charge in [0.05, 0.1) is 12.3 Å². The third-order valence-corrected chi connectivity index (χ3v) is 7.45. The highest BCUT2D eigenvalue weighted by Crippen LogP contribution is 2.45. The second-order valence-electron chi connectivity index (χ2n) is 7.80. The first-order valence-electron chi connectivity index (χ1n) is 10.8. The van der Waals surface area contributed by atoms with Crippen molar-refractivity contribution in [1.82, 2.24) is 9.80 Å². The molecule has 2 aliphatic rings. The molecule has 0 aromatic heterocycles. The predicted molar refractivity (Wildman–Crippen MR) is 128 cm³/mol. The molecule has 0 unspecified atom stereocenters. The number of thioether (sulfide) groups is 1. The Labute approximate surface area is 193 Å². The maximum absolute atomic E-state index is 13.4. The molecule has 4 rings (SSSR count). The fourth-order valence-electron chi connectivity index (χ4n) is 4.07. The maximum Gasteiger partial charge on any atom is 0.270 e. The van der Waals surface area contributed by atoms with Gasteiger partial charge >= 0.3 is 0 Å². The number of halogens is 1. The van der Waals surface area contributed by atoms with Gasteiger partial charge in [-0.05, 0) is 30.7 Å². The Morgan fingerprint density at radius 2 is 1.52 bits per heavy atom. The topological polar surface area (TPSA) is 47.0 Å². The van der Waals surface area contributed by atoms with Crippen molar-refractivity contribution in [3.8, 4) is 0 Å². The Hall–Kier alpha value is -1.83. The van der Waals surface area contributed by atoms with E-state index < -0.39 is 0 Å². The van der Waals surface area contributed by atoms with Gasteiger partial charge in [0.1, 0.15) is 5.03 Å². The number of carbonyl (C=O) groups excluding carboxylic acids is 1. The van der Waals surface area contributed by atoms with Crippen molar-refractivity contribution in [2.24, 2.45) is 0 Å². The largest absolute Gasteiger partial charge is 0.395 e. The van der Waals surface area contributed by atoms with Crippen LogP contribution in [0.5, 0.6) is 0 Å². The van der Waals surface area contributed by atoms with Gasteiger partial charge in [-0.25, -0.2) is 0 Å². The van der Waals surface area contributed by atoms with E-state index in [9.17, 15) is 4.79 Å². The first kappa shape index (κ1) is 22.4. The van der Waals surface area contributed by atoms with Crippen LogP contribution >= 0.6 is 23.4 Å². The van der Waals surface area contributed by atoms with Crippen molar-refractivity contribution in [3.05, 3.63) is 65.2 Å². The van der Waals surface area contributed by atoms with Crippen molar-refractivity contribution < 1.29 is 9.90 Å². The lowest BCUT2D eigenvalue weighted by Gasteiger charge is -2.34. The summed E-state index contributed by atoms with van der Waals surface area (Å²) in [6.07, 6.45) is 0.885. The van der Waals surface area contributed by atoms with Gasteiger partial charge in [0.2, 0.25) is 0 Å².